The van der Waals surface area contributed by atoms with E-state index in [-0.39, 0.29) is 0 Å². The molecule has 0 spiro atoms. The summed E-state index contributed by atoms with van der Waals surface area (Å²) in [5.74, 6) is 11.1. The predicted octanol–water partition coefficient (Wildman–Crippen LogP) is 0.611. The predicted molar refractivity (Wildman–Crippen MR) is 104 cm³/mol. The number of ether oxygens (including phenoxy) is 1. The van der Waals surface area contributed by atoms with E-state index in [2.05, 4.69) is 23.7 Å². The van der Waals surface area contributed by atoms with Crippen molar-refractivity contribution in [3.63, 3.8) is 0 Å². The van der Waals surface area contributed by atoms with Gasteiger partial charge in [-0.15, -0.1) is 0 Å². The van der Waals surface area contributed by atoms with Gasteiger partial charge in [-0.05, 0) is 36.8 Å². The summed E-state index contributed by atoms with van der Waals surface area (Å²) in [4.78, 5) is 0. The van der Waals surface area contributed by atoms with Crippen LogP contribution in [0.25, 0.3) is 0 Å². The highest BCUT2D eigenvalue weighted by Crippen LogP contribution is 2.30. The fraction of sp³-hybridized carbons (Fsp3) is 0.304. The molecule has 2 aromatic rings. The Hall–Kier alpha value is -2.64. The van der Waals surface area contributed by atoms with Gasteiger partial charge in [-0.25, -0.2) is 0 Å². The molecule has 2 aromatic carbocycles. The van der Waals surface area contributed by atoms with Gasteiger partial charge in [-0.1, -0.05) is 54.0 Å². The minimum Gasteiger partial charge on any atom is -0.394 e. The highest BCUT2D eigenvalue weighted by Gasteiger charge is 2.53. The zero-order valence-electron chi connectivity index (χ0n) is 15.4. The molecule has 1 aliphatic rings. The lowest BCUT2D eigenvalue weighted by atomic mass is 9.82. The summed E-state index contributed by atoms with van der Waals surface area (Å²) in [6, 6.07) is 16.5. The van der Waals surface area contributed by atoms with Gasteiger partial charge in [0.25, 0.3) is 0 Å². The molecule has 0 radical (unpaired) electrons. The Labute approximate surface area is 164 Å². The maximum Gasteiger partial charge on any atom is 0.191 e. The van der Waals surface area contributed by atoms with Crippen LogP contribution >= 0.6 is 0 Å². The van der Waals surface area contributed by atoms with Crippen molar-refractivity contribution in [2.75, 3.05) is 6.61 Å². The molecule has 0 amide bonds. The van der Waals surface area contributed by atoms with Gasteiger partial charge >= 0.3 is 0 Å². The summed E-state index contributed by atoms with van der Waals surface area (Å²) in [5, 5.41) is 41.3. The number of aliphatic hydroxyl groups excluding tert-OH is 3. The van der Waals surface area contributed by atoms with Gasteiger partial charge in [0, 0.05) is 11.1 Å². The number of benzene rings is 2. The lowest BCUT2D eigenvalue weighted by Crippen LogP contribution is -2.65. The largest absolute Gasteiger partial charge is 0.394 e. The average Bonchev–Trinajstić information content (AvgIpc) is 2.71. The lowest BCUT2D eigenvalue weighted by molar-refractivity contribution is -0.239. The zero-order chi connectivity index (χ0) is 20.1. The fourth-order valence-corrected chi connectivity index (χ4v) is 2.98. The average molecular weight is 378 g/mol. The lowest BCUT2D eigenvalue weighted by Gasteiger charge is -2.43. The highest BCUT2D eigenvalue weighted by molar-refractivity contribution is 5.42. The van der Waals surface area contributed by atoms with Gasteiger partial charge in [-0.2, -0.15) is 0 Å². The van der Waals surface area contributed by atoms with Gasteiger partial charge in [0.2, 0.25) is 0 Å². The maximum atomic E-state index is 11.1. The molecule has 3 rings (SSSR count). The van der Waals surface area contributed by atoms with E-state index in [4.69, 9.17) is 4.74 Å². The second kappa shape index (κ2) is 8.58. The van der Waals surface area contributed by atoms with Crippen molar-refractivity contribution in [3.8, 4) is 23.7 Å². The fourth-order valence-electron chi connectivity index (χ4n) is 2.98. The standard InChI is InChI=1S/C23H22O5/c1-16-6-5-9-18(14-16)12-13-23(27)20(11-10-17-7-3-2-4-8-17)28-19(15-24)21(25)22(23)26/h2-9,14,19-22,24-27H,15H2,1H3/t19-,20-,21-,22+,23-/m1/s1. The minimum absolute atomic E-state index is 0.525. The first-order valence-electron chi connectivity index (χ1n) is 8.95. The summed E-state index contributed by atoms with van der Waals surface area (Å²) < 4.78 is 5.58. The van der Waals surface area contributed by atoms with Crippen molar-refractivity contribution < 1.29 is 25.2 Å². The molecule has 0 aliphatic carbocycles. The summed E-state index contributed by atoms with van der Waals surface area (Å²) in [7, 11) is 0. The van der Waals surface area contributed by atoms with E-state index in [1.165, 1.54) is 0 Å². The smallest absolute Gasteiger partial charge is 0.191 e. The van der Waals surface area contributed by atoms with Crippen LogP contribution in [0.3, 0.4) is 0 Å². The highest BCUT2D eigenvalue weighted by atomic mass is 16.5. The zero-order valence-corrected chi connectivity index (χ0v) is 15.4. The first kappa shape index (κ1) is 20.1. The van der Waals surface area contributed by atoms with Crippen LogP contribution in [-0.4, -0.2) is 57.0 Å². The van der Waals surface area contributed by atoms with Crippen LogP contribution in [0.1, 0.15) is 16.7 Å². The molecule has 0 aromatic heterocycles. The molecule has 1 fully saturated rings. The third kappa shape index (κ3) is 4.26. The van der Waals surface area contributed by atoms with E-state index in [1.807, 2.05) is 43.3 Å². The summed E-state index contributed by atoms with van der Waals surface area (Å²) in [6.45, 7) is 1.39. The molecule has 5 heteroatoms. The van der Waals surface area contributed by atoms with Crippen molar-refractivity contribution >= 4 is 0 Å². The Balaban J connectivity index is 1.99. The van der Waals surface area contributed by atoms with Crippen molar-refractivity contribution in [1.82, 2.24) is 0 Å². The van der Waals surface area contributed by atoms with E-state index < -0.39 is 36.6 Å². The molecule has 0 bridgehead atoms. The Kier molecular flexibility index (Phi) is 6.16. The van der Waals surface area contributed by atoms with Crippen LogP contribution in [0.4, 0.5) is 0 Å². The van der Waals surface area contributed by atoms with Crippen LogP contribution in [0.15, 0.2) is 54.6 Å². The van der Waals surface area contributed by atoms with Crippen LogP contribution in [-0.2, 0) is 4.74 Å². The second-order valence-corrected chi connectivity index (χ2v) is 6.75. The van der Waals surface area contributed by atoms with E-state index in [0.717, 1.165) is 5.56 Å². The van der Waals surface area contributed by atoms with Gasteiger partial charge in [0.15, 0.2) is 11.7 Å². The Morgan fingerprint density at radius 3 is 2.39 bits per heavy atom. The van der Waals surface area contributed by atoms with E-state index in [1.54, 1.807) is 18.2 Å². The van der Waals surface area contributed by atoms with E-state index in [9.17, 15) is 20.4 Å². The molecule has 0 saturated carbocycles. The summed E-state index contributed by atoms with van der Waals surface area (Å²) in [6.07, 6.45) is -5.46. The molecular formula is C23H22O5. The first-order valence-corrected chi connectivity index (χ1v) is 8.95. The summed E-state index contributed by atoms with van der Waals surface area (Å²) in [5.41, 5.74) is 0.215. The van der Waals surface area contributed by atoms with Gasteiger partial charge in [0.1, 0.15) is 18.3 Å². The van der Waals surface area contributed by atoms with E-state index >= 15 is 0 Å². The number of rotatable bonds is 1. The number of aliphatic hydroxyl groups is 4. The molecule has 1 aliphatic heterocycles. The Morgan fingerprint density at radius 1 is 1.00 bits per heavy atom. The molecule has 144 valence electrons. The van der Waals surface area contributed by atoms with Crippen LogP contribution in [0.5, 0.6) is 0 Å². The van der Waals surface area contributed by atoms with Crippen molar-refractivity contribution in [1.29, 1.82) is 0 Å². The molecule has 28 heavy (non-hydrogen) atoms. The van der Waals surface area contributed by atoms with E-state index in [0.29, 0.717) is 11.1 Å². The van der Waals surface area contributed by atoms with Crippen molar-refractivity contribution in [2.24, 2.45) is 0 Å². The van der Waals surface area contributed by atoms with Crippen LogP contribution in [0, 0.1) is 30.6 Å². The molecule has 1 heterocycles. The third-order valence-corrected chi connectivity index (χ3v) is 4.59. The topological polar surface area (TPSA) is 90.2 Å². The van der Waals surface area contributed by atoms with Gasteiger partial charge < -0.3 is 25.2 Å². The SMILES string of the molecule is Cc1cccc(C#C[C@@]2(O)[C@@H](C#Cc3ccccc3)O[C@H](CO)[C@@H](O)[C@@H]2O)c1. The monoisotopic (exact) mass is 378 g/mol. The molecule has 1 saturated heterocycles. The number of hydrogen-bond donors (Lipinski definition) is 4. The van der Waals surface area contributed by atoms with Crippen LogP contribution in [0.2, 0.25) is 0 Å². The summed E-state index contributed by atoms with van der Waals surface area (Å²) >= 11 is 0. The first-order chi connectivity index (χ1) is 13.4. The van der Waals surface area contributed by atoms with Crippen molar-refractivity contribution in [2.45, 2.75) is 36.9 Å². The normalized spacial score (nSPS) is 29.2. The number of hydrogen-bond acceptors (Lipinski definition) is 5. The quantitative estimate of drug-likeness (QED) is 0.546. The Morgan fingerprint density at radius 2 is 1.71 bits per heavy atom. The number of aryl methyl sites for hydroxylation is 1. The third-order valence-electron chi connectivity index (χ3n) is 4.59. The second-order valence-electron chi connectivity index (χ2n) is 6.75. The molecule has 5 atom stereocenters. The minimum atomic E-state index is -2.13. The van der Waals surface area contributed by atoms with Gasteiger partial charge in [-0.3, -0.25) is 0 Å². The van der Waals surface area contributed by atoms with Crippen molar-refractivity contribution in [3.05, 3.63) is 71.3 Å². The maximum absolute atomic E-state index is 11.1. The molecule has 5 nitrogen and oxygen atoms in total. The Bertz CT molecular complexity index is 934. The molecular weight excluding hydrogens is 356 g/mol. The molecule has 4 N–H and O–H groups in total. The van der Waals surface area contributed by atoms with Gasteiger partial charge in [0.05, 0.1) is 6.61 Å². The molecule has 0 unspecified atom stereocenters. The van der Waals surface area contributed by atoms with Crippen LogP contribution < -0.4 is 0 Å².